The fourth-order valence-corrected chi connectivity index (χ4v) is 0. The van der Waals surface area contributed by atoms with E-state index in [1.165, 1.54) is 0 Å². The van der Waals surface area contributed by atoms with Crippen molar-refractivity contribution in [2.24, 2.45) is 0 Å². The predicted molar refractivity (Wildman–Crippen MR) is 126 cm³/mol. The Balaban J connectivity index is 0. The van der Waals surface area contributed by atoms with Gasteiger partial charge in [0.25, 0.3) is 0 Å². The molecule has 0 aromatic heterocycles. The highest BCUT2D eigenvalue weighted by Crippen LogP contribution is -0.288. The molecular formula is H40Al12O2. The van der Waals surface area contributed by atoms with Gasteiger partial charge in [-0.25, -0.2) is 0 Å². The Kier molecular flexibility index (Phi) is 2210. The summed E-state index contributed by atoms with van der Waals surface area (Å²) in [5.74, 6) is 0. The molecule has 0 saturated heterocycles. The molecule has 0 aliphatic carbocycles. The Labute approximate surface area is 215 Å². The third-order valence-electron chi connectivity index (χ3n) is 0. The molecule has 0 amide bonds. The summed E-state index contributed by atoms with van der Waals surface area (Å²) in [6.07, 6.45) is 0. The van der Waals surface area contributed by atoms with Gasteiger partial charge in [-0.1, -0.05) is 0 Å². The molecule has 0 aromatic carbocycles. The second-order valence-corrected chi connectivity index (χ2v) is 0. The van der Waals surface area contributed by atoms with Gasteiger partial charge in [0.05, 0.1) is 0 Å². The van der Waals surface area contributed by atoms with E-state index in [2.05, 4.69) is 0 Å². The van der Waals surface area contributed by atoms with Crippen molar-refractivity contribution in [1.29, 1.82) is 0 Å². The SMILES string of the molecule is O.O.[AlH3].[AlH3].[AlH3].[AlH3].[AlH3].[AlH3].[AlH3].[AlH3].[AlH3].[AlH3].[AlH3].[AlH3]. The van der Waals surface area contributed by atoms with Gasteiger partial charge >= 0.3 is 0 Å². The van der Waals surface area contributed by atoms with E-state index >= 15 is 0 Å². The molecule has 0 radical (unpaired) electrons. The van der Waals surface area contributed by atoms with Crippen LogP contribution in [0.25, 0.3) is 0 Å². The van der Waals surface area contributed by atoms with E-state index in [4.69, 9.17) is 0 Å². The van der Waals surface area contributed by atoms with Crippen LogP contribution in [0.2, 0.25) is 0 Å². The van der Waals surface area contributed by atoms with Gasteiger partial charge in [-0.2, -0.15) is 0 Å². The van der Waals surface area contributed by atoms with Crippen molar-refractivity contribution in [2.75, 3.05) is 0 Å². The summed E-state index contributed by atoms with van der Waals surface area (Å²) < 4.78 is 0. The Morgan fingerprint density at radius 1 is 0.143 bits per heavy atom. The molecule has 0 bridgehead atoms. The van der Waals surface area contributed by atoms with Gasteiger partial charge in [0, 0.05) is 0 Å². The topological polar surface area (TPSA) is 63.0 Å². The molecule has 14 heteroatoms. The second kappa shape index (κ2) is 163. The maximum Gasteiger partial charge on any atom is 0.187 e. The van der Waals surface area contributed by atoms with Crippen LogP contribution in [0.4, 0.5) is 0 Å². The summed E-state index contributed by atoms with van der Waals surface area (Å²) in [7, 11) is 0. The van der Waals surface area contributed by atoms with E-state index in [9.17, 15) is 0 Å². The third-order valence-corrected chi connectivity index (χ3v) is 0. The van der Waals surface area contributed by atoms with Gasteiger partial charge in [-0.05, 0) is 0 Å². The fourth-order valence-electron chi connectivity index (χ4n) is 0. The highest BCUT2D eigenvalue weighted by atomic mass is 27.0. The van der Waals surface area contributed by atoms with Crippen LogP contribution in [0.1, 0.15) is 0 Å². The Hall–Kier alpha value is 6.31. The van der Waals surface area contributed by atoms with Crippen LogP contribution in [0.5, 0.6) is 0 Å². The largest absolute Gasteiger partial charge is 0.412 e. The normalized spacial score (nSPS) is 0. The molecule has 0 aliphatic rings. The molecule has 2 nitrogen and oxygen atoms in total. The Morgan fingerprint density at radius 2 is 0.143 bits per heavy atom. The maximum absolute atomic E-state index is 0. The van der Waals surface area contributed by atoms with Gasteiger partial charge in [-0.15, -0.1) is 0 Å². The van der Waals surface area contributed by atoms with E-state index in [1.54, 1.807) is 0 Å². The quantitative estimate of drug-likeness (QED) is 0.366. The van der Waals surface area contributed by atoms with E-state index in [0.29, 0.717) is 0 Å². The van der Waals surface area contributed by atoms with Crippen molar-refractivity contribution >= 4 is 208 Å². The molecule has 0 fully saturated rings. The molecule has 14 heavy (non-hydrogen) atoms. The average Bonchev–Trinajstić information content (AvgIpc) is 0. The van der Waals surface area contributed by atoms with Crippen LogP contribution < -0.4 is 0 Å². The van der Waals surface area contributed by atoms with Gasteiger partial charge in [-0.3, -0.25) is 0 Å². The van der Waals surface area contributed by atoms with Crippen molar-refractivity contribution in [1.82, 2.24) is 0 Å². The second-order valence-electron chi connectivity index (χ2n) is 0. The molecule has 4 N–H and O–H groups in total. The van der Waals surface area contributed by atoms with Crippen LogP contribution in [0, 0.1) is 0 Å². The minimum absolute atomic E-state index is 0. The van der Waals surface area contributed by atoms with Crippen molar-refractivity contribution in [2.45, 2.75) is 0 Å². The molecule has 0 spiro atoms. The van der Waals surface area contributed by atoms with Gasteiger partial charge in [0.2, 0.25) is 0 Å². The molecule has 0 rings (SSSR count). The highest BCUT2D eigenvalue weighted by Gasteiger charge is 0.198. The zero-order valence-corrected chi connectivity index (χ0v) is 1.00. The van der Waals surface area contributed by atoms with Crippen molar-refractivity contribution < 1.29 is 11.0 Å². The average molecular weight is 396 g/mol. The zero-order chi connectivity index (χ0) is 0. The summed E-state index contributed by atoms with van der Waals surface area (Å²) in [4.78, 5) is 0. The van der Waals surface area contributed by atoms with E-state index in [1.807, 2.05) is 0 Å². The molecule has 0 heterocycles. The van der Waals surface area contributed by atoms with Crippen LogP contribution in [0.3, 0.4) is 0 Å². The number of rotatable bonds is 0. The summed E-state index contributed by atoms with van der Waals surface area (Å²) in [6.45, 7) is 0. The number of hydrogen-bond acceptors (Lipinski definition) is 0. The zero-order valence-electron chi connectivity index (χ0n) is 1.00. The smallest absolute Gasteiger partial charge is 0.187 e. The minimum Gasteiger partial charge on any atom is -0.412 e. The van der Waals surface area contributed by atoms with Crippen molar-refractivity contribution in [3.8, 4) is 0 Å². The highest BCUT2D eigenvalue weighted by molar-refractivity contribution is 5.77. The lowest BCUT2D eigenvalue weighted by Gasteiger charge is -0.413. The van der Waals surface area contributed by atoms with Gasteiger partial charge < -0.3 is 11.0 Å². The van der Waals surface area contributed by atoms with Gasteiger partial charge in [0.15, 0.2) is 208 Å². The predicted octanol–water partition coefficient (Wildman–Crippen LogP) is -15.9. The van der Waals surface area contributed by atoms with E-state index < -0.39 is 0 Å². The lowest BCUT2D eigenvalue weighted by atomic mass is 16.0. The summed E-state index contributed by atoms with van der Waals surface area (Å²) in [6, 6.07) is 0. The molecule has 0 aliphatic heterocycles. The molecule has 0 saturated carbocycles. The summed E-state index contributed by atoms with van der Waals surface area (Å²) in [5, 5.41) is 0. The summed E-state index contributed by atoms with van der Waals surface area (Å²) >= 11 is 0. The standard InChI is InChI=1S/12Al.2H2O.36H/h;;;;;;;;;;;;2*1H2;;;;;;;;;;;;;;;;;;;;;;;;;;;;;;;;;;;;. The number of hydrogen-bond donors (Lipinski definition) is 0. The van der Waals surface area contributed by atoms with E-state index in [-0.39, 0.29) is 219 Å². The minimum atomic E-state index is 0. The van der Waals surface area contributed by atoms with Crippen molar-refractivity contribution in [3.63, 3.8) is 0 Å². The first-order chi connectivity index (χ1) is 0. The first-order valence-corrected chi connectivity index (χ1v) is 0. The van der Waals surface area contributed by atoms with Gasteiger partial charge in [0.1, 0.15) is 0 Å². The molecule has 0 aromatic rings. The first-order valence-electron chi connectivity index (χ1n) is 0. The maximum atomic E-state index is 0. The molecular weight excluding hydrogens is 356 g/mol. The molecule has 0 unspecified atom stereocenters. The monoisotopic (exact) mass is 396 g/mol. The Morgan fingerprint density at radius 3 is 0.143 bits per heavy atom. The molecule has 88 valence electrons. The third kappa shape index (κ3) is 138. The van der Waals surface area contributed by atoms with Crippen LogP contribution in [-0.4, -0.2) is 219 Å². The Bertz CT molecular complexity index is 8.28. The lowest BCUT2D eigenvalue weighted by Crippen LogP contribution is -0.382. The molecule has 0 atom stereocenters. The van der Waals surface area contributed by atoms with Crippen LogP contribution in [-0.2, 0) is 0 Å². The van der Waals surface area contributed by atoms with Crippen molar-refractivity contribution in [3.05, 3.63) is 0 Å². The van der Waals surface area contributed by atoms with E-state index in [0.717, 1.165) is 0 Å². The van der Waals surface area contributed by atoms with Crippen LogP contribution in [0.15, 0.2) is 0 Å². The fraction of sp³-hybridized carbons (Fsp3) is 0. The lowest BCUT2D eigenvalue weighted by molar-refractivity contribution is 0.823. The van der Waals surface area contributed by atoms with Crippen LogP contribution >= 0.6 is 0 Å². The summed E-state index contributed by atoms with van der Waals surface area (Å²) in [5.41, 5.74) is 0. The first kappa shape index (κ1) is 190.